The molecule has 0 radical (unpaired) electrons. The Labute approximate surface area is 130 Å². The van der Waals surface area contributed by atoms with Crippen molar-refractivity contribution in [2.24, 2.45) is 0 Å². The van der Waals surface area contributed by atoms with Crippen LogP contribution in [0, 0.1) is 0 Å². The second kappa shape index (κ2) is 8.24. The molecule has 1 amide bonds. The number of fused-ring (bicyclic) bond motifs is 1. The average Bonchev–Trinajstić information content (AvgIpc) is 2.99. The van der Waals surface area contributed by atoms with E-state index in [1.807, 2.05) is 37.3 Å². The Kier molecular flexibility index (Phi) is 6.03. The Hall–Kier alpha value is -2.27. The predicted octanol–water partition coefficient (Wildman–Crippen LogP) is 2.52. The molecule has 0 saturated carbocycles. The van der Waals surface area contributed by atoms with Crippen LogP contribution in [-0.4, -0.2) is 37.9 Å². The fourth-order valence-electron chi connectivity index (χ4n) is 2.08. The normalized spacial score (nSPS) is 13.2. The lowest BCUT2D eigenvalue weighted by molar-refractivity contribution is -0.127. The first-order valence-electron chi connectivity index (χ1n) is 7.20. The topological polar surface area (TPSA) is 48.0 Å². The summed E-state index contributed by atoms with van der Waals surface area (Å²) in [7, 11) is 1.62. The molecule has 0 saturated heterocycles. The lowest BCUT2D eigenvalue weighted by Crippen LogP contribution is -2.32. The van der Waals surface area contributed by atoms with Crippen LogP contribution in [0.15, 0.2) is 42.5 Å². The second-order valence-electron chi connectivity index (χ2n) is 4.83. The van der Waals surface area contributed by atoms with Crippen molar-refractivity contribution in [3.63, 3.8) is 0 Å². The van der Waals surface area contributed by atoms with E-state index < -0.39 is 0 Å². The largest absolute Gasteiger partial charge is 0.454 e. The van der Waals surface area contributed by atoms with E-state index in [-0.39, 0.29) is 12.7 Å². The number of benzene rings is 1. The van der Waals surface area contributed by atoms with E-state index in [1.165, 1.54) is 0 Å². The molecule has 0 N–H and O–H groups in total. The number of nitrogens with zero attached hydrogens (tertiary/aromatic N) is 1. The van der Waals surface area contributed by atoms with Gasteiger partial charge in [-0.3, -0.25) is 4.79 Å². The van der Waals surface area contributed by atoms with E-state index >= 15 is 0 Å². The minimum atomic E-state index is -0.0483. The molecule has 0 unspecified atom stereocenters. The van der Waals surface area contributed by atoms with Crippen LogP contribution in [0.4, 0.5) is 0 Å². The van der Waals surface area contributed by atoms with Crippen molar-refractivity contribution in [1.29, 1.82) is 0 Å². The predicted molar refractivity (Wildman–Crippen MR) is 83.8 cm³/mol. The van der Waals surface area contributed by atoms with Gasteiger partial charge in [0.25, 0.3) is 0 Å². The fourth-order valence-corrected chi connectivity index (χ4v) is 2.08. The van der Waals surface area contributed by atoms with Crippen LogP contribution in [0.3, 0.4) is 0 Å². The number of hydrogen-bond acceptors (Lipinski definition) is 4. The highest BCUT2D eigenvalue weighted by molar-refractivity contribution is 5.87. The third kappa shape index (κ3) is 4.36. The van der Waals surface area contributed by atoms with Crippen LogP contribution in [0.1, 0.15) is 12.5 Å². The molecule has 0 aromatic heterocycles. The molecule has 1 aromatic rings. The van der Waals surface area contributed by atoms with Crippen LogP contribution in [-0.2, 0) is 16.1 Å². The summed E-state index contributed by atoms with van der Waals surface area (Å²) < 4.78 is 15.7. The average molecular weight is 303 g/mol. The Morgan fingerprint density at radius 2 is 2.14 bits per heavy atom. The van der Waals surface area contributed by atoms with Crippen LogP contribution >= 0.6 is 0 Å². The first-order valence-corrected chi connectivity index (χ1v) is 7.20. The van der Waals surface area contributed by atoms with Gasteiger partial charge in [0.15, 0.2) is 11.5 Å². The summed E-state index contributed by atoms with van der Waals surface area (Å²) in [5.41, 5.74) is 0.994. The third-order valence-corrected chi connectivity index (χ3v) is 3.23. The number of methoxy groups -OCH3 is 1. The summed E-state index contributed by atoms with van der Waals surface area (Å²) in [5, 5.41) is 0. The maximum absolute atomic E-state index is 12.3. The van der Waals surface area contributed by atoms with E-state index in [1.54, 1.807) is 24.2 Å². The molecule has 0 spiro atoms. The maximum Gasteiger partial charge on any atom is 0.246 e. The van der Waals surface area contributed by atoms with Gasteiger partial charge in [-0.25, -0.2) is 0 Å². The van der Waals surface area contributed by atoms with Crippen molar-refractivity contribution in [3.05, 3.63) is 48.1 Å². The second-order valence-corrected chi connectivity index (χ2v) is 4.83. The van der Waals surface area contributed by atoms with Crippen LogP contribution < -0.4 is 9.47 Å². The van der Waals surface area contributed by atoms with E-state index in [2.05, 4.69) is 0 Å². The third-order valence-electron chi connectivity index (χ3n) is 3.23. The standard InChI is InChI=1S/C17H21NO4/c1-3-4-5-6-17(19)18(9-10-20-2)12-14-7-8-15-16(11-14)22-13-21-15/h3-8,11H,9-10,12-13H2,1-2H3/b4-3+,6-5+. The lowest BCUT2D eigenvalue weighted by atomic mass is 10.2. The molecular weight excluding hydrogens is 282 g/mol. The van der Waals surface area contributed by atoms with Gasteiger partial charge in [0.2, 0.25) is 12.7 Å². The van der Waals surface area contributed by atoms with Gasteiger partial charge in [0.1, 0.15) is 0 Å². The number of ether oxygens (including phenoxy) is 3. The molecule has 0 bridgehead atoms. The number of hydrogen-bond donors (Lipinski definition) is 0. The Morgan fingerprint density at radius 1 is 1.32 bits per heavy atom. The van der Waals surface area contributed by atoms with E-state index in [0.717, 1.165) is 17.1 Å². The van der Waals surface area contributed by atoms with Crippen LogP contribution in [0.5, 0.6) is 11.5 Å². The van der Waals surface area contributed by atoms with Gasteiger partial charge < -0.3 is 19.1 Å². The zero-order valence-electron chi connectivity index (χ0n) is 13.0. The van der Waals surface area contributed by atoms with Gasteiger partial charge in [0, 0.05) is 26.3 Å². The van der Waals surface area contributed by atoms with Crippen LogP contribution in [0.25, 0.3) is 0 Å². The highest BCUT2D eigenvalue weighted by atomic mass is 16.7. The molecule has 5 nitrogen and oxygen atoms in total. The number of allylic oxidation sites excluding steroid dienone is 3. The summed E-state index contributed by atoms with van der Waals surface area (Å²) >= 11 is 0. The molecule has 1 aliphatic rings. The van der Waals surface area contributed by atoms with Crippen molar-refractivity contribution in [2.75, 3.05) is 27.1 Å². The maximum atomic E-state index is 12.3. The number of amides is 1. The molecule has 1 aliphatic heterocycles. The Morgan fingerprint density at radius 3 is 2.91 bits per heavy atom. The quantitative estimate of drug-likeness (QED) is 0.573. The van der Waals surface area contributed by atoms with E-state index in [0.29, 0.717) is 19.7 Å². The molecule has 1 aromatic carbocycles. The van der Waals surface area contributed by atoms with Crippen molar-refractivity contribution < 1.29 is 19.0 Å². The molecule has 5 heteroatoms. The van der Waals surface area contributed by atoms with Gasteiger partial charge in [-0.15, -0.1) is 0 Å². The number of carbonyl (C=O) groups excluding carboxylic acids is 1. The monoisotopic (exact) mass is 303 g/mol. The minimum absolute atomic E-state index is 0.0483. The molecule has 0 fully saturated rings. The van der Waals surface area contributed by atoms with Gasteiger partial charge in [0.05, 0.1) is 6.61 Å². The smallest absolute Gasteiger partial charge is 0.246 e. The zero-order valence-corrected chi connectivity index (χ0v) is 13.0. The highest BCUT2D eigenvalue weighted by Gasteiger charge is 2.16. The zero-order chi connectivity index (χ0) is 15.8. The Bertz CT molecular complexity index is 566. The fraction of sp³-hybridized carbons (Fsp3) is 0.353. The van der Waals surface area contributed by atoms with E-state index in [9.17, 15) is 4.79 Å². The molecule has 1 heterocycles. The van der Waals surface area contributed by atoms with Crippen molar-refractivity contribution in [2.45, 2.75) is 13.5 Å². The summed E-state index contributed by atoms with van der Waals surface area (Å²) in [5.74, 6) is 1.42. The molecule has 0 atom stereocenters. The van der Waals surface area contributed by atoms with Gasteiger partial charge >= 0.3 is 0 Å². The van der Waals surface area contributed by atoms with Crippen molar-refractivity contribution in [1.82, 2.24) is 4.90 Å². The SMILES string of the molecule is C/C=C/C=C/C(=O)N(CCOC)Cc1ccc2c(c1)OCO2. The first kappa shape index (κ1) is 16.1. The highest BCUT2D eigenvalue weighted by Crippen LogP contribution is 2.32. The summed E-state index contributed by atoms with van der Waals surface area (Å²) in [4.78, 5) is 14.0. The molecule has 22 heavy (non-hydrogen) atoms. The van der Waals surface area contributed by atoms with E-state index in [4.69, 9.17) is 14.2 Å². The first-order chi connectivity index (χ1) is 10.7. The Balaban J connectivity index is 2.06. The van der Waals surface area contributed by atoms with Crippen LogP contribution in [0.2, 0.25) is 0 Å². The van der Waals surface area contributed by atoms with Crippen molar-refractivity contribution in [3.8, 4) is 11.5 Å². The number of rotatable bonds is 7. The van der Waals surface area contributed by atoms with Gasteiger partial charge in [-0.05, 0) is 24.6 Å². The van der Waals surface area contributed by atoms with Gasteiger partial charge in [-0.1, -0.05) is 24.3 Å². The molecule has 2 rings (SSSR count). The summed E-state index contributed by atoms with van der Waals surface area (Å²) in [6.45, 7) is 3.68. The number of carbonyl (C=O) groups is 1. The molecular formula is C17H21NO4. The molecule has 0 aliphatic carbocycles. The van der Waals surface area contributed by atoms with Gasteiger partial charge in [-0.2, -0.15) is 0 Å². The minimum Gasteiger partial charge on any atom is -0.454 e. The molecule has 118 valence electrons. The van der Waals surface area contributed by atoms with Crippen molar-refractivity contribution >= 4 is 5.91 Å². The summed E-state index contributed by atoms with van der Waals surface area (Å²) in [6.07, 6.45) is 7.00. The summed E-state index contributed by atoms with van der Waals surface area (Å²) in [6, 6.07) is 5.72. The lowest BCUT2D eigenvalue weighted by Gasteiger charge is -2.21.